The summed E-state index contributed by atoms with van der Waals surface area (Å²) in [5.74, 6) is 0.432. The smallest absolute Gasteiger partial charge is 0.241 e. The number of nitrogens with zero attached hydrogens (tertiary/aromatic N) is 4. The van der Waals surface area contributed by atoms with Crippen molar-refractivity contribution >= 4 is 32.3 Å². The molecule has 1 aliphatic rings. The highest BCUT2D eigenvalue weighted by atomic mass is 32.2. The summed E-state index contributed by atoms with van der Waals surface area (Å²) in [4.78, 5) is 14.3. The number of rotatable bonds is 3. The maximum absolute atomic E-state index is 11.7. The van der Waals surface area contributed by atoms with Crippen molar-refractivity contribution in [3.8, 4) is 0 Å². The third-order valence-electron chi connectivity index (χ3n) is 3.92. The Morgan fingerprint density at radius 2 is 1.83 bits per heavy atom. The molecule has 3 rings (SSSR count). The maximum atomic E-state index is 11.7. The molecule has 0 aliphatic carbocycles. The van der Waals surface area contributed by atoms with E-state index in [0.29, 0.717) is 18.9 Å². The van der Waals surface area contributed by atoms with E-state index in [-0.39, 0.29) is 4.90 Å². The number of thiazole rings is 1. The maximum Gasteiger partial charge on any atom is 0.241 e. The third-order valence-corrected chi connectivity index (χ3v) is 5.99. The Labute approximate surface area is 139 Å². The molecule has 0 atom stereocenters. The minimum absolute atomic E-state index is 0.0781. The van der Waals surface area contributed by atoms with Gasteiger partial charge in [0.05, 0.1) is 5.69 Å². The number of piperazine rings is 1. The predicted octanol–water partition coefficient (Wildman–Crippen LogP) is 1.13. The van der Waals surface area contributed by atoms with Crippen LogP contribution < -0.4 is 14.9 Å². The molecule has 0 spiro atoms. The van der Waals surface area contributed by atoms with Crippen LogP contribution in [0.2, 0.25) is 0 Å². The van der Waals surface area contributed by atoms with Gasteiger partial charge in [0.15, 0.2) is 5.13 Å². The van der Waals surface area contributed by atoms with E-state index in [2.05, 4.69) is 21.8 Å². The number of pyridine rings is 1. The molecule has 2 aromatic rings. The standard InChI is InChI=1S/C14H19N5O2S2/c1-10-11(2)22-14(17-10)19-8-6-18(7-9-19)13-12(23(15,20)21)4-3-5-16-13/h3-5H,6-9H2,1-2H3,(H2,15,20,21). The van der Waals surface area contributed by atoms with Crippen molar-refractivity contribution in [2.45, 2.75) is 18.7 Å². The number of primary sulfonamides is 1. The van der Waals surface area contributed by atoms with Crippen LogP contribution in [0.1, 0.15) is 10.6 Å². The fraction of sp³-hybridized carbons (Fsp3) is 0.429. The molecule has 0 unspecified atom stereocenters. The minimum atomic E-state index is -3.78. The number of sulfonamides is 1. The van der Waals surface area contributed by atoms with E-state index in [1.165, 1.54) is 10.9 Å². The molecule has 1 saturated heterocycles. The number of aryl methyl sites for hydroxylation is 2. The van der Waals surface area contributed by atoms with Gasteiger partial charge in [-0.3, -0.25) is 0 Å². The van der Waals surface area contributed by atoms with Gasteiger partial charge in [-0.05, 0) is 26.0 Å². The van der Waals surface area contributed by atoms with Crippen LogP contribution in [0.4, 0.5) is 10.9 Å². The number of anilines is 2. The molecule has 1 aliphatic heterocycles. The van der Waals surface area contributed by atoms with Crippen molar-refractivity contribution in [3.63, 3.8) is 0 Å². The quantitative estimate of drug-likeness (QED) is 0.889. The molecule has 0 saturated carbocycles. The fourth-order valence-electron chi connectivity index (χ4n) is 2.54. The lowest BCUT2D eigenvalue weighted by atomic mass is 10.3. The van der Waals surface area contributed by atoms with Crippen LogP contribution in [0.25, 0.3) is 0 Å². The van der Waals surface area contributed by atoms with Crippen molar-refractivity contribution in [2.24, 2.45) is 5.14 Å². The first kappa shape index (κ1) is 16.2. The Kier molecular flexibility index (Phi) is 4.26. The molecule has 2 aromatic heterocycles. The van der Waals surface area contributed by atoms with Crippen LogP contribution >= 0.6 is 11.3 Å². The van der Waals surface area contributed by atoms with Gasteiger partial charge in [-0.25, -0.2) is 23.5 Å². The molecular formula is C14H19N5O2S2. The Hall–Kier alpha value is -1.71. The Morgan fingerprint density at radius 1 is 1.17 bits per heavy atom. The fourth-order valence-corrected chi connectivity index (χ4v) is 4.21. The Bertz CT molecular complexity index is 791. The molecular weight excluding hydrogens is 334 g/mol. The first-order chi connectivity index (χ1) is 10.9. The van der Waals surface area contributed by atoms with E-state index in [4.69, 9.17) is 5.14 Å². The molecule has 0 bridgehead atoms. The summed E-state index contributed by atoms with van der Waals surface area (Å²) in [5.41, 5.74) is 1.06. The lowest BCUT2D eigenvalue weighted by molar-refractivity contribution is 0.594. The molecule has 3 heterocycles. The molecule has 0 aromatic carbocycles. The average Bonchev–Trinajstić information content (AvgIpc) is 2.86. The molecule has 7 nitrogen and oxygen atoms in total. The normalized spacial score (nSPS) is 16.0. The van der Waals surface area contributed by atoms with Crippen LogP contribution in [0, 0.1) is 13.8 Å². The third kappa shape index (κ3) is 3.31. The zero-order valence-corrected chi connectivity index (χ0v) is 14.7. The Morgan fingerprint density at radius 3 is 2.39 bits per heavy atom. The summed E-state index contributed by atoms with van der Waals surface area (Å²) in [6.07, 6.45) is 1.59. The van der Waals surface area contributed by atoms with E-state index >= 15 is 0 Å². The van der Waals surface area contributed by atoms with Gasteiger partial charge in [-0.15, -0.1) is 11.3 Å². The average molecular weight is 353 g/mol. The topological polar surface area (TPSA) is 92.4 Å². The molecule has 1 fully saturated rings. The molecule has 0 amide bonds. The second-order valence-electron chi connectivity index (χ2n) is 5.48. The molecule has 124 valence electrons. The first-order valence-electron chi connectivity index (χ1n) is 7.28. The summed E-state index contributed by atoms with van der Waals surface area (Å²) in [6, 6.07) is 3.08. The zero-order valence-electron chi connectivity index (χ0n) is 13.1. The van der Waals surface area contributed by atoms with Crippen LogP contribution in [0.15, 0.2) is 23.2 Å². The monoisotopic (exact) mass is 353 g/mol. The van der Waals surface area contributed by atoms with Gasteiger partial charge >= 0.3 is 0 Å². The second-order valence-corrected chi connectivity index (χ2v) is 8.19. The SMILES string of the molecule is Cc1nc(N2CCN(c3ncccc3S(N)(=O)=O)CC2)sc1C. The van der Waals surface area contributed by atoms with E-state index in [9.17, 15) is 8.42 Å². The van der Waals surface area contributed by atoms with Crippen LogP contribution in [0.3, 0.4) is 0 Å². The molecule has 2 N–H and O–H groups in total. The minimum Gasteiger partial charge on any atom is -0.352 e. The van der Waals surface area contributed by atoms with Crippen molar-refractivity contribution in [3.05, 3.63) is 28.9 Å². The predicted molar refractivity (Wildman–Crippen MR) is 91.6 cm³/mol. The number of hydrogen-bond donors (Lipinski definition) is 1. The highest BCUT2D eigenvalue weighted by Gasteiger charge is 2.25. The molecule has 9 heteroatoms. The van der Waals surface area contributed by atoms with Crippen molar-refractivity contribution in [2.75, 3.05) is 36.0 Å². The van der Waals surface area contributed by atoms with Gasteiger partial charge in [0.1, 0.15) is 10.7 Å². The number of nitrogens with two attached hydrogens (primary N) is 1. The van der Waals surface area contributed by atoms with Gasteiger partial charge in [-0.2, -0.15) is 0 Å². The van der Waals surface area contributed by atoms with Crippen molar-refractivity contribution in [1.29, 1.82) is 0 Å². The van der Waals surface area contributed by atoms with Crippen LogP contribution in [-0.4, -0.2) is 44.6 Å². The van der Waals surface area contributed by atoms with Crippen molar-refractivity contribution in [1.82, 2.24) is 9.97 Å². The first-order valence-corrected chi connectivity index (χ1v) is 9.64. The van der Waals surface area contributed by atoms with Crippen molar-refractivity contribution < 1.29 is 8.42 Å². The largest absolute Gasteiger partial charge is 0.352 e. The summed E-state index contributed by atoms with van der Waals surface area (Å²) >= 11 is 1.69. The van der Waals surface area contributed by atoms with E-state index in [0.717, 1.165) is 23.9 Å². The summed E-state index contributed by atoms with van der Waals surface area (Å²) in [6.45, 7) is 6.98. The lowest BCUT2D eigenvalue weighted by Gasteiger charge is -2.35. The van der Waals surface area contributed by atoms with Gasteiger partial charge < -0.3 is 9.80 Å². The zero-order chi connectivity index (χ0) is 16.6. The van der Waals surface area contributed by atoms with Crippen LogP contribution in [0.5, 0.6) is 0 Å². The van der Waals surface area contributed by atoms with Gasteiger partial charge in [0.2, 0.25) is 10.0 Å². The Balaban J connectivity index is 1.77. The molecule has 0 radical (unpaired) electrons. The van der Waals surface area contributed by atoms with E-state index < -0.39 is 10.0 Å². The van der Waals surface area contributed by atoms with E-state index in [1.807, 2.05) is 11.8 Å². The van der Waals surface area contributed by atoms with Gasteiger partial charge in [0, 0.05) is 37.3 Å². The van der Waals surface area contributed by atoms with E-state index in [1.54, 1.807) is 23.6 Å². The van der Waals surface area contributed by atoms with Gasteiger partial charge in [0.25, 0.3) is 0 Å². The summed E-state index contributed by atoms with van der Waals surface area (Å²) < 4.78 is 23.4. The second kappa shape index (κ2) is 6.06. The van der Waals surface area contributed by atoms with Crippen LogP contribution in [-0.2, 0) is 10.0 Å². The lowest BCUT2D eigenvalue weighted by Crippen LogP contribution is -2.47. The summed E-state index contributed by atoms with van der Waals surface area (Å²) in [5, 5.41) is 6.31. The highest BCUT2D eigenvalue weighted by Crippen LogP contribution is 2.28. The van der Waals surface area contributed by atoms with Gasteiger partial charge in [-0.1, -0.05) is 0 Å². The molecule has 23 heavy (non-hydrogen) atoms. The number of aromatic nitrogens is 2. The number of hydrogen-bond acceptors (Lipinski definition) is 7. The summed E-state index contributed by atoms with van der Waals surface area (Å²) in [7, 11) is -3.78. The highest BCUT2D eigenvalue weighted by molar-refractivity contribution is 7.89.